The summed E-state index contributed by atoms with van der Waals surface area (Å²) < 4.78 is 10.8. The Morgan fingerprint density at radius 3 is 2.33 bits per heavy atom. The third kappa shape index (κ3) is 6.79. The maximum absolute atomic E-state index is 12.8. The number of ether oxygens (including phenoxy) is 2. The largest absolute Gasteiger partial charge is 0.481 e. The van der Waals surface area contributed by atoms with Crippen LogP contribution in [0.25, 0.3) is 0 Å². The van der Waals surface area contributed by atoms with Crippen LogP contribution in [-0.2, 0) is 9.53 Å². The van der Waals surface area contributed by atoms with Crippen LogP contribution in [0.1, 0.15) is 56.1 Å². The van der Waals surface area contributed by atoms with Crippen LogP contribution in [0.15, 0.2) is 53.6 Å². The molecule has 0 spiro atoms. The van der Waals surface area contributed by atoms with E-state index in [1.165, 1.54) is 11.3 Å². The number of hydrogen-bond donors (Lipinski definition) is 2. The van der Waals surface area contributed by atoms with Gasteiger partial charge in [-0.2, -0.15) is 5.10 Å². The molecule has 0 saturated carbocycles. The quantitative estimate of drug-likeness (QED) is 0.240. The van der Waals surface area contributed by atoms with Crippen molar-refractivity contribution in [3.8, 4) is 5.75 Å². The topological polar surface area (TPSA) is 106 Å². The second-order valence-corrected chi connectivity index (χ2v) is 9.32. The number of carbonyl (C=O) groups is 3. The first-order valence-corrected chi connectivity index (χ1v) is 12.3. The average Bonchev–Trinajstić information content (AvgIpc) is 3.13. The van der Waals surface area contributed by atoms with Gasteiger partial charge in [-0.1, -0.05) is 29.8 Å². The van der Waals surface area contributed by atoms with Gasteiger partial charge in [0.25, 0.3) is 11.8 Å². The maximum atomic E-state index is 12.8. The SMILES string of the molecule is CCOC(=O)c1c(NC(=O)c2ccc(OC(C)C(=O)N/N=C/c3ccc(C)cc3)cc2)sc(C)c1C. The molecule has 188 valence electrons. The summed E-state index contributed by atoms with van der Waals surface area (Å²) in [6.45, 7) is 9.29. The zero-order valence-corrected chi connectivity index (χ0v) is 21.7. The fourth-order valence-electron chi connectivity index (χ4n) is 3.20. The third-order valence-electron chi connectivity index (χ3n) is 5.36. The van der Waals surface area contributed by atoms with Gasteiger partial charge in [-0.15, -0.1) is 11.3 Å². The van der Waals surface area contributed by atoms with Crippen molar-refractivity contribution in [2.45, 2.75) is 40.7 Å². The Morgan fingerprint density at radius 1 is 1.03 bits per heavy atom. The predicted molar refractivity (Wildman–Crippen MR) is 141 cm³/mol. The van der Waals surface area contributed by atoms with Crippen LogP contribution >= 0.6 is 11.3 Å². The van der Waals surface area contributed by atoms with Gasteiger partial charge in [-0.25, -0.2) is 10.2 Å². The lowest BCUT2D eigenvalue weighted by molar-refractivity contribution is -0.127. The first kappa shape index (κ1) is 26.6. The van der Waals surface area contributed by atoms with E-state index in [0.29, 0.717) is 21.9 Å². The van der Waals surface area contributed by atoms with Crippen molar-refractivity contribution >= 4 is 40.3 Å². The molecule has 36 heavy (non-hydrogen) atoms. The fourth-order valence-corrected chi connectivity index (χ4v) is 4.24. The number of benzene rings is 2. The van der Waals surface area contributed by atoms with Crippen molar-refractivity contribution in [3.63, 3.8) is 0 Å². The van der Waals surface area contributed by atoms with Gasteiger partial charge < -0.3 is 14.8 Å². The Balaban J connectivity index is 1.58. The molecular weight excluding hydrogens is 478 g/mol. The van der Waals surface area contributed by atoms with E-state index in [-0.39, 0.29) is 12.5 Å². The first-order valence-electron chi connectivity index (χ1n) is 11.4. The Bertz CT molecular complexity index is 1260. The molecule has 0 aliphatic rings. The summed E-state index contributed by atoms with van der Waals surface area (Å²) in [5.74, 6) is -0.819. The van der Waals surface area contributed by atoms with Gasteiger partial charge in [0.05, 0.1) is 18.4 Å². The lowest BCUT2D eigenvalue weighted by Crippen LogP contribution is -2.33. The molecule has 1 unspecified atom stereocenters. The van der Waals surface area contributed by atoms with E-state index < -0.39 is 18.0 Å². The van der Waals surface area contributed by atoms with Crippen LogP contribution in [0.2, 0.25) is 0 Å². The van der Waals surface area contributed by atoms with Gasteiger partial charge in [-0.05, 0) is 70.0 Å². The summed E-state index contributed by atoms with van der Waals surface area (Å²) in [4.78, 5) is 38.3. The Labute approximate surface area is 214 Å². The highest BCUT2D eigenvalue weighted by Gasteiger charge is 2.22. The number of amides is 2. The zero-order chi connectivity index (χ0) is 26.2. The molecule has 8 nitrogen and oxygen atoms in total. The molecule has 2 N–H and O–H groups in total. The van der Waals surface area contributed by atoms with Crippen molar-refractivity contribution < 1.29 is 23.9 Å². The second kappa shape index (κ2) is 12.1. The van der Waals surface area contributed by atoms with Crippen LogP contribution in [0.5, 0.6) is 5.75 Å². The number of hydrazone groups is 1. The lowest BCUT2D eigenvalue weighted by Gasteiger charge is -2.13. The Kier molecular flexibility index (Phi) is 8.97. The Morgan fingerprint density at radius 2 is 1.69 bits per heavy atom. The Hall–Kier alpha value is -3.98. The number of anilines is 1. The summed E-state index contributed by atoms with van der Waals surface area (Å²) in [5, 5.41) is 7.21. The maximum Gasteiger partial charge on any atom is 0.341 e. The normalized spacial score (nSPS) is 11.7. The van der Waals surface area contributed by atoms with E-state index in [0.717, 1.165) is 21.6 Å². The summed E-state index contributed by atoms with van der Waals surface area (Å²) in [7, 11) is 0. The van der Waals surface area contributed by atoms with Crippen molar-refractivity contribution in [1.82, 2.24) is 5.43 Å². The van der Waals surface area contributed by atoms with Gasteiger partial charge >= 0.3 is 5.97 Å². The number of carbonyl (C=O) groups excluding carboxylic acids is 3. The van der Waals surface area contributed by atoms with Crippen molar-refractivity contribution in [2.75, 3.05) is 11.9 Å². The molecule has 1 aromatic heterocycles. The molecule has 1 atom stereocenters. The number of nitrogens with one attached hydrogen (secondary N) is 2. The number of aryl methyl sites for hydroxylation is 2. The number of rotatable bonds is 9. The van der Waals surface area contributed by atoms with Crippen LogP contribution < -0.4 is 15.5 Å². The highest BCUT2D eigenvalue weighted by molar-refractivity contribution is 7.16. The molecule has 9 heteroatoms. The van der Waals surface area contributed by atoms with E-state index in [2.05, 4.69) is 15.8 Å². The molecule has 0 saturated heterocycles. The van der Waals surface area contributed by atoms with Crippen LogP contribution in [-0.4, -0.2) is 36.7 Å². The van der Waals surface area contributed by atoms with Gasteiger partial charge in [0.1, 0.15) is 10.8 Å². The lowest BCUT2D eigenvalue weighted by atomic mass is 10.1. The standard InChI is InChI=1S/C27H29N3O5S/c1-6-34-27(33)23-17(3)19(5)36-26(23)29-25(32)21-11-13-22(14-12-21)35-18(4)24(31)30-28-15-20-9-7-16(2)8-10-20/h7-15,18H,6H2,1-5H3,(H,29,32)(H,30,31)/b28-15+. The molecule has 3 aromatic rings. The number of hydrogen-bond acceptors (Lipinski definition) is 7. The van der Waals surface area contributed by atoms with Crippen molar-refractivity contribution in [1.29, 1.82) is 0 Å². The summed E-state index contributed by atoms with van der Waals surface area (Å²) in [5.41, 5.74) is 6.00. The summed E-state index contributed by atoms with van der Waals surface area (Å²) in [6, 6.07) is 14.1. The molecule has 2 aromatic carbocycles. The monoisotopic (exact) mass is 507 g/mol. The number of esters is 1. The number of thiophene rings is 1. The minimum absolute atomic E-state index is 0.248. The van der Waals surface area contributed by atoms with Gasteiger partial charge in [0, 0.05) is 10.4 Å². The molecule has 0 bridgehead atoms. The minimum Gasteiger partial charge on any atom is -0.481 e. The van der Waals surface area contributed by atoms with Crippen LogP contribution in [0.3, 0.4) is 0 Å². The fraction of sp³-hybridized carbons (Fsp3) is 0.259. The minimum atomic E-state index is -0.802. The second-order valence-electron chi connectivity index (χ2n) is 8.09. The van der Waals surface area contributed by atoms with Gasteiger partial charge in [0.2, 0.25) is 0 Å². The average molecular weight is 508 g/mol. The van der Waals surface area contributed by atoms with Gasteiger partial charge in [-0.3, -0.25) is 9.59 Å². The molecule has 0 aliphatic heterocycles. The van der Waals surface area contributed by atoms with E-state index in [9.17, 15) is 14.4 Å². The van der Waals surface area contributed by atoms with Crippen molar-refractivity contribution in [2.24, 2.45) is 5.10 Å². The highest BCUT2D eigenvalue weighted by atomic mass is 32.1. The zero-order valence-electron chi connectivity index (χ0n) is 20.9. The molecule has 1 heterocycles. The smallest absolute Gasteiger partial charge is 0.341 e. The molecule has 0 fully saturated rings. The molecular formula is C27H29N3O5S. The van der Waals surface area contributed by atoms with Gasteiger partial charge in [0.15, 0.2) is 6.10 Å². The molecule has 3 rings (SSSR count). The van der Waals surface area contributed by atoms with E-state index in [1.54, 1.807) is 44.3 Å². The molecule has 0 radical (unpaired) electrons. The van der Waals surface area contributed by atoms with Crippen LogP contribution in [0.4, 0.5) is 5.00 Å². The van der Waals surface area contributed by atoms with Crippen LogP contribution in [0, 0.1) is 20.8 Å². The first-order chi connectivity index (χ1) is 17.2. The predicted octanol–water partition coefficient (Wildman–Crippen LogP) is 5.02. The van der Waals surface area contributed by atoms with E-state index >= 15 is 0 Å². The third-order valence-corrected chi connectivity index (χ3v) is 6.48. The van der Waals surface area contributed by atoms with Crippen molar-refractivity contribution in [3.05, 3.63) is 81.2 Å². The highest BCUT2D eigenvalue weighted by Crippen LogP contribution is 2.33. The van der Waals surface area contributed by atoms with E-state index in [1.807, 2.05) is 45.0 Å². The summed E-state index contributed by atoms with van der Waals surface area (Å²) in [6.07, 6.45) is 0.755. The molecule has 0 aliphatic carbocycles. The number of nitrogens with zero attached hydrogens (tertiary/aromatic N) is 1. The molecule has 2 amide bonds. The van der Waals surface area contributed by atoms with E-state index in [4.69, 9.17) is 9.47 Å². The summed E-state index contributed by atoms with van der Waals surface area (Å²) >= 11 is 1.33.